The SMILES string of the molecule is CC.CCC(CCC#N)CC(C)C. The molecule has 0 N–H and O–H groups in total. The lowest BCUT2D eigenvalue weighted by atomic mass is 9.91. The molecule has 0 amide bonds. The van der Waals surface area contributed by atoms with E-state index >= 15 is 0 Å². The topological polar surface area (TPSA) is 23.8 Å². The van der Waals surface area contributed by atoms with Crippen molar-refractivity contribution in [3.8, 4) is 6.07 Å². The van der Waals surface area contributed by atoms with E-state index in [0.29, 0.717) is 0 Å². The van der Waals surface area contributed by atoms with E-state index < -0.39 is 0 Å². The first-order valence-electron chi connectivity index (χ1n) is 5.57. The molecular formula is C12H25N. The molecule has 0 fully saturated rings. The number of nitriles is 1. The van der Waals surface area contributed by atoms with Gasteiger partial charge in [-0.15, -0.1) is 0 Å². The zero-order valence-corrected chi connectivity index (χ0v) is 9.93. The van der Waals surface area contributed by atoms with Gasteiger partial charge >= 0.3 is 0 Å². The van der Waals surface area contributed by atoms with Crippen LogP contribution in [0.5, 0.6) is 0 Å². The summed E-state index contributed by atoms with van der Waals surface area (Å²) >= 11 is 0. The largest absolute Gasteiger partial charge is 0.198 e. The zero-order chi connectivity index (χ0) is 10.7. The minimum absolute atomic E-state index is 0.727. The van der Waals surface area contributed by atoms with E-state index in [9.17, 15) is 0 Å². The number of nitrogens with zero attached hydrogens (tertiary/aromatic N) is 1. The highest BCUT2D eigenvalue weighted by Gasteiger charge is 2.07. The van der Waals surface area contributed by atoms with Crippen LogP contribution in [0.3, 0.4) is 0 Å². The van der Waals surface area contributed by atoms with Gasteiger partial charge in [0.2, 0.25) is 0 Å². The predicted octanol–water partition coefficient (Wildman–Crippen LogP) is 4.39. The fourth-order valence-electron chi connectivity index (χ4n) is 1.42. The van der Waals surface area contributed by atoms with Crippen LogP contribution >= 0.6 is 0 Å². The van der Waals surface area contributed by atoms with Gasteiger partial charge in [0.05, 0.1) is 6.07 Å². The number of rotatable bonds is 5. The number of hydrogen-bond acceptors (Lipinski definition) is 1. The van der Waals surface area contributed by atoms with E-state index in [1.54, 1.807) is 0 Å². The van der Waals surface area contributed by atoms with E-state index in [1.165, 1.54) is 12.8 Å². The smallest absolute Gasteiger partial charge is 0.0621 e. The summed E-state index contributed by atoms with van der Waals surface area (Å²) in [7, 11) is 0. The fraction of sp³-hybridized carbons (Fsp3) is 0.917. The van der Waals surface area contributed by atoms with Gasteiger partial charge < -0.3 is 0 Å². The van der Waals surface area contributed by atoms with Crippen LogP contribution in [-0.2, 0) is 0 Å². The first-order valence-corrected chi connectivity index (χ1v) is 5.57. The summed E-state index contributed by atoms with van der Waals surface area (Å²) in [5.41, 5.74) is 0. The highest BCUT2D eigenvalue weighted by molar-refractivity contribution is 4.72. The second-order valence-corrected chi connectivity index (χ2v) is 3.60. The Labute approximate surface area is 84.2 Å². The summed E-state index contributed by atoms with van der Waals surface area (Å²) in [6.07, 6.45) is 4.31. The van der Waals surface area contributed by atoms with Crippen molar-refractivity contribution < 1.29 is 0 Å². The Bertz CT molecular complexity index is 122. The molecule has 0 spiro atoms. The number of hydrogen-bond donors (Lipinski definition) is 0. The molecule has 1 atom stereocenters. The third-order valence-corrected chi connectivity index (χ3v) is 2.05. The monoisotopic (exact) mass is 183 g/mol. The average molecular weight is 183 g/mol. The minimum Gasteiger partial charge on any atom is -0.198 e. The molecule has 1 nitrogen and oxygen atoms in total. The van der Waals surface area contributed by atoms with Gasteiger partial charge in [-0.3, -0.25) is 0 Å². The van der Waals surface area contributed by atoms with Gasteiger partial charge in [-0.2, -0.15) is 5.26 Å². The summed E-state index contributed by atoms with van der Waals surface area (Å²) < 4.78 is 0. The second kappa shape index (κ2) is 11.5. The fourth-order valence-corrected chi connectivity index (χ4v) is 1.42. The maximum Gasteiger partial charge on any atom is 0.0621 e. The van der Waals surface area contributed by atoms with E-state index in [-0.39, 0.29) is 0 Å². The molecular weight excluding hydrogens is 158 g/mol. The molecule has 1 heteroatoms. The predicted molar refractivity (Wildman–Crippen MR) is 59.4 cm³/mol. The van der Waals surface area contributed by atoms with E-state index in [1.807, 2.05) is 13.8 Å². The lowest BCUT2D eigenvalue weighted by Crippen LogP contribution is -2.02. The first kappa shape index (κ1) is 15.0. The van der Waals surface area contributed by atoms with Gasteiger partial charge in [0.15, 0.2) is 0 Å². The molecule has 0 aliphatic rings. The Kier molecular flexibility index (Phi) is 13.2. The molecule has 0 aliphatic carbocycles. The van der Waals surface area contributed by atoms with Crippen molar-refractivity contribution >= 4 is 0 Å². The summed E-state index contributed by atoms with van der Waals surface area (Å²) in [5.74, 6) is 1.55. The van der Waals surface area contributed by atoms with E-state index in [2.05, 4.69) is 26.8 Å². The highest BCUT2D eigenvalue weighted by Crippen LogP contribution is 2.19. The lowest BCUT2D eigenvalue weighted by molar-refractivity contribution is 0.379. The molecule has 0 aliphatic heterocycles. The van der Waals surface area contributed by atoms with Gasteiger partial charge in [-0.1, -0.05) is 41.0 Å². The third-order valence-electron chi connectivity index (χ3n) is 2.05. The van der Waals surface area contributed by atoms with Crippen molar-refractivity contribution in [3.63, 3.8) is 0 Å². The Morgan fingerprint density at radius 3 is 2.08 bits per heavy atom. The summed E-state index contributed by atoms with van der Waals surface area (Å²) in [5, 5.41) is 8.39. The molecule has 78 valence electrons. The molecule has 0 aromatic heterocycles. The molecule has 0 saturated heterocycles. The highest BCUT2D eigenvalue weighted by atomic mass is 14.2. The van der Waals surface area contributed by atoms with Crippen LogP contribution in [0.15, 0.2) is 0 Å². The van der Waals surface area contributed by atoms with Gasteiger partial charge in [0.25, 0.3) is 0 Å². The standard InChI is InChI=1S/C10H19N.C2H6/c1-4-10(6-5-7-11)8-9(2)3;1-2/h9-10H,4-6,8H2,1-3H3;1-2H3. The first-order chi connectivity index (χ1) is 6.20. The van der Waals surface area contributed by atoms with Crippen LogP contribution in [0.2, 0.25) is 0 Å². The quantitative estimate of drug-likeness (QED) is 0.620. The molecule has 0 heterocycles. The Balaban J connectivity index is 0. The minimum atomic E-state index is 0.727. The molecule has 13 heavy (non-hydrogen) atoms. The molecule has 0 rings (SSSR count). The van der Waals surface area contributed by atoms with Crippen molar-refractivity contribution in [1.82, 2.24) is 0 Å². The van der Waals surface area contributed by atoms with Crippen molar-refractivity contribution in [3.05, 3.63) is 0 Å². The third kappa shape index (κ3) is 11.5. The van der Waals surface area contributed by atoms with Gasteiger partial charge in [-0.05, 0) is 24.7 Å². The van der Waals surface area contributed by atoms with Gasteiger partial charge in [-0.25, -0.2) is 0 Å². The van der Waals surface area contributed by atoms with Gasteiger partial charge in [0.1, 0.15) is 0 Å². The van der Waals surface area contributed by atoms with Crippen molar-refractivity contribution in [1.29, 1.82) is 5.26 Å². The van der Waals surface area contributed by atoms with Crippen LogP contribution < -0.4 is 0 Å². The lowest BCUT2D eigenvalue weighted by Gasteiger charge is -2.14. The second-order valence-electron chi connectivity index (χ2n) is 3.60. The van der Waals surface area contributed by atoms with Crippen LogP contribution in [0.1, 0.15) is 60.3 Å². The maximum absolute atomic E-state index is 8.39. The molecule has 0 saturated carbocycles. The van der Waals surface area contributed by atoms with E-state index in [4.69, 9.17) is 5.26 Å². The summed E-state index contributed by atoms with van der Waals surface area (Å²) in [6.45, 7) is 10.7. The average Bonchev–Trinajstić information content (AvgIpc) is 2.15. The molecule has 0 aromatic rings. The van der Waals surface area contributed by atoms with Crippen LogP contribution in [0.25, 0.3) is 0 Å². The Morgan fingerprint density at radius 1 is 1.23 bits per heavy atom. The molecule has 0 aromatic carbocycles. The van der Waals surface area contributed by atoms with Crippen molar-refractivity contribution in [2.24, 2.45) is 11.8 Å². The van der Waals surface area contributed by atoms with Crippen LogP contribution in [-0.4, -0.2) is 0 Å². The van der Waals surface area contributed by atoms with E-state index in [0.717, 1.165) is 24.7 Å². The van der Waals surface area contributed by atoms with Crippen molar-refractivity contribution in [2.75, 3.05) is 0 Å². The molecule has 1 unspecified atom stereocenters. The normalized spacial score (nSPS) is 11.5. The molecule has 0 bridgehead atoms. The summed E-state index contributed by atoms with van der Waals surface area (Å²) in [4.78, 5) is 0. The van der Waals surface area contributed by atoms with Gasteiger partial charge in [0, 0.05) is 6.42 Å². The van der Waals surface area contributed by atoms with Crippen molar-refractivity contribution in [2.45, 2.75) is 60.3 Å². The maximum atomic E-state index is 8.39. The van der Waals surface area contributed by atoms with Crippen LogP contribution in [0.4, 0.5) is 0 Å². The zero-order valence-electron chi connectivity index (χ0n) is 9.93. The summed E-state index contributed by atoms with van der Waals surface area (Å²) in [6, 6.07) is 2.21. The van der Waals surface area contributed by atoms with Crippen LogP contribution in [0, 0.1) is 23.2 Å². The Hall–Kier alpha value is -0.510. The Morgan fingerprint density at radius 2 is 1.77 bits per heavy atom. The molecule has 0 radical (unpaired) electrons.